The molecule has 1 atom stereocenters. The number of morpholine rings is 1. The van der Waals surface area contributed by atoms with Gasteiger partial charge in [0.2, 0.25) is 0 Å². The lowest BCUT2D eigenvalue weighted by Gasteiger charge is -2.35. The number of piperidine rings is 1. The molecule has 1 aromatic carbocycles. The summed E-state index contributed by atoms with van der Waals surface area (Å²) in [6.45, 7) is 4.50. The number of carbonyl (C=O) groups excluding carboxylic acids is 2. The van der Waals surface area contributed by atoms with Crippen LogP contribution in [0.1, 0.15) is 25.3 Å². The van der Waals surface area contributed by atoms with E-state index in [1.165, 1.54) is 0 Å². The van der Waals surface area contributed by atoms with Crippen LogP contribution in [0.2, 0.25) is 0 Å². The average molecular weight is 462 g/mol. The van der Waals surface area contributed by atoms with Crippen molar-refractivity contribution in [3.63, 3.8) is 0 Å². The minimum Gasteiger partial charge on any atom is -0.496 e. The molecule has 4 rings (SSSR count). The number of amides is 3. The quantitative estimate of drug-likeness (QED) is 0.611. The molecule has 0 aromatic heterocycles. The van der Waals surface area contributed by atoms with Gasteiger partial charge < -0.3 is 34.9 Å². The fourth-order valence-corrected chi connectivity index (χ4v) is 4.37. The highest BCUT2D eigenvalue weighted by atomic mass is 16.6. The molecule has 33 heavy (non-hydrogen) atoms. The number of rotatable bonds is 4. The number of fused-ring (bicyclic) bond motifs is 1. The first-order chi connectivity index (χ1) is 15.8. The van der Waals surface area contributed by atoms with E-state index in [0.717, 1.165) is 16.9 Å². The first-order valence-electron chi connectivity index (χ1n) is 11.1. The van der Waals surface area contributed by atoms with Crippen molar-refractivity contribution < 1.29 is 28.9 Å². The van der Waals surface area contributed by atoms with Gasteiger partial charge >= 0.3 is 12.1 Å². The maximum absolute atomic E-state index is 12.8. The van der Waals surface area contributed by atoms with E-state index in [2.05, 4.69) is 10.2 Å². The zero-order valence-corrected chi connectivity index (χ0v) is 19.0. The first-order valence-corrected chi connectivity index (χ1v) is 11.1. The van der Waals surface area contributed by atoms with Crippen molar-refractivity contribution in [2.24, 2.45) is 10.7 Å². The number of nitrogens with two attached hydrogens (primary N) is 1. The molecule has 4 N–H and O–H groups in total. The second-order valence-electron chi connectivity index (χ2n) is 8.83. The third-order valence-electron chi connectivity index (χ3n) is 6.30. The summed E-state index contributed by atoms with van der Waals surface area (Å²) in [6.07, 6.45) is 0.404. The van der Waals surface area contributed by atoms with Crippen LogP contribution in [-0.4, -0.2) is 86.2 Å². The molecule has 11 heteroatoms. The highest BCUT2D eigenvalue weighted by Gasteiger charge is 2.32. The van der Waals surface area contributed by atoms with Crippen LogP contribution in [0.5, 0.6) is 5.75 Å². The summed E-state index contributed by atoms with van der Waals surface area (Å²) in [7, 11) is 1.61. The Hall–Kier alpha value is -3.05. The highest BCUT2D eigenvalue weighted by molar-refractivity contribution is 6.04. The molecule has 0 aliphatic carbocycles. The number of nitrogens with one attached hydrogen (secondary N) is 1. The number of hydrogen-bond acceptors (Lipinski definition) is 8. The van der Waals surface area contributed by atoms with Gasteiger partial charge in [0.15, 0.2) is 0 Å². The van der Waals surface area contributed by atoms with Gasteiger partial charge in [-0.3, -0.25) is 5.32 Å². The van der Waals surface area contributed by atoms with Crippen molar-refractivity contribution >= 4 is 29.3 Å². The van der Waals surface area contributed by atoms with E-state index in [-0.39, 0.29) is 18.7 Å². The smallest absolute Gasteiger partial charge is 0.404 e. The van der Waals surface area contributed by atoms with Crippen LogP contribution in [-0.2, 0) is 15.9 Å². The van der Waals surface area contributed by atoms with Gasteiger partial charge in [0.05, 0.1) is 30.7 Å². The van der Waals surface area contributed by atoms with Crippen LogP contribution in [0.3, 0.4) is 0 Å². The molecule has 3 amide bonds. The monoisotopic (exact) mass is 461 g/mol. The van der Waals surface area contributed by atoms with E-state index in [9.17, 15) is 14.7 Å². The number of anilines is 1. The third-order valence-corrected chi connectivity index (χ3v) is 6.30. The fourth-order valence-electron chi connectivity index (χ4n) is 4.37. The maximum Gasteiger partial charge on any atom is 0.404 e. The standard InChI is InChI=1S/C22H31N5O6/c1-22(30)5-7-26(8-6-22)21(29)25-18-11-15-17(31-2)4-3-16(19(15)24-18)27-9-10-32-14(12-27)13-33-20(23)28/h3-4,14,30H,5-13H2,1-2H3,(H2,23,28)(H,24,25,29). The molecule has 2 fully saturated rings. The lowest BCUT2D eigenvalue weighted by Crippen LogP contribution is -2.50. The number of ether oxygens (including phenoxy) is 3. The Morgan fingerprint density at radius 2 is 2.09 bits per heavy atom. The Labute approximate surface area is 192 Å². The molecular weight excluding hydrogens is 430 g/mol. The molecule has 3 heterocycles. The zero-order chi connectivity index (χ0) is 23.6. The number of nitrogens with zero attached hydrogens (tertiary/aromatic N) is 3. The SMILES string of the molecule is COc1ccc(N2CCOC(COC(N)=O)C2)c2c1CC(NC(=O)N1CCC(C)(O)CC1)=N2. The van der Waals surface area contributed by atoms with Gasteiger partial charge in [0.25, 0.3) is 0 Å². The average Bonchev–Trinajstić information content (AvgIpc) is 3.20. The van der Waals surface area contributed by atoms with Crippen LogP contribution in [0.15, 0.2) is 17.1 Å². The molecule has 3 aliphatic heterocycles. The summed E-state index contributed by atoms with van der Waals surface area (Å²) >= 11 is 0. The third kappa shape index (κ3) is 5.31. The van der Waals surface area contributed by atoms with Crippen molar-refractivity contribution in [2.75, 3.05) is 51.4 Å². The van der Waals surface area contributed by atoms with Crippen molar-refractivity contribution in [1.82, 2.24) is 10.2 Å². The molecule has 1 aromatic rings. The van der Waals surface area contributed by atoms with Crippen molar-refractivity contribution in [2.45, 2.75) is 37.9 Å². The van der Waals surface area contributed by atoms with E-state index in [4.69, 9.17) is 24.9 Å². The fraction of sp³-hybridized carbons (Fsp3) is 0.591. The number of urea groups is 1. The van der Waals surface area contributed by atoms with Gasteiger partial charge in [-0.15, -0.1) is 0 Å². The van der Waals surface area contributed by atoms with Crippen LogP contribution in [0.4, 0.5) is 21.0 Å². The van der Waals surface area contributed by atoms with Crippen LogP contribution >= 0.6 is 0 Å². The molecule has 0 radical (unpaired) electrons. The van der Waals surface area contributed by atoms with Gasteiger partial charge in [-0.2, -0.15) is 0 Å². The minimum atomic E-state index is -0.830. The van der Waals surface area contributed by atoms with Crippen molar-refractivity contribution in [3.05, 3.63) is 17.7 Å². The van der Waals surface area contributed by atoms with E-state index in [0.29, 0.717) is 63.6 Å². The molecular formula is C22H31N5O6. The van der Waals surface area contributed by atoms with Crippen LogP contribution in [0, 0.1) is 0 Å². The number of aliphatic imine (C=N–C) groups is 1. The van der Waals surface area contributed by atoms with Gasteiger partial charge in [-0.1, -0.05) is 0 Å². The lowest BCUT2D eigenvalue weighted by atomic mass is 9.94. The highest BCUT2D eigenvalue weighted by Crippen LogP contribution is 2.42. The van der Waals surface area contributed by atoms with E-state index < -0.39 is 11.7 Å². The Kier molecular flexibility index (Phi) is 6.61. The topological polar surface area (TPSA) is 139 Å². The zero-order valence-electron chi connectivity index (χ0n) is 19.0. The molecule has 0 spiro atoms. The van der Waals surface area contributed by atoms with Gasteiger partial charge in [0, 0.05) is 38.2 Å². The number of amidine groups is 1. The molecule has 180 valence electrons. The summed E-state index contributed by atoms with van der Waals surface area (Å²) < 4.78 is 16.1. The Morgan fingerprint density at radius 1 is 1.33 bits per heavy atom. The Morgan fingerprint density at radius 3 is 2.79 bits per heavy atom. The number of primary amides is 1. The second kappa shape index (κ2) is 9.44. The number of hydrogen-bond donors (Lipinski definition) is 3. The Bertz CT molecular complexity index is 939. The van der Waals surface area contributed by atoms with E-state index in [1.807, 2.05) is 12.1 Å². The Balaban J connectivity index is 1.48. The van der Waals surface area contributed by atoms with Crippen LogP contribution < -0.4 is 20.7 Å². The van der Waals surface area contributed by atoms with E-state index >= 15 is 0 Å². The largest absolute Gasteiger partial charge is 0.496 e. The predicted molar refractivity (Wildman–Crippen MR) is 121 cm³/mol. The molecule has 11 nitrogen and oxygen atoms in total. The molecule has 1 unspecified atom stereocenters. The van der Waals surface area contributed by atoms with E-state index in [1.54, 1.807) is 18.9 Å². The lowest BCUT2D eigenvalue weighted by molar-refractivity contribution is -0.00160. The van der Waals surface area contributed by atoms with Crippen LogP contribution in [0.25, 0.3) is 0 Å². The van der Waals surface area contributed by atoms with Gasteiger partial charge in [0.1, 0.15) is 24.3 Å². The van der Waals surface area contributed by atoms with Gasteiger partial charge in [-0.05, 0) is 31.9 Å². The summed E-state index contributed by atoms with van der Waals surface area (Å²) in [4.78, 5) is 32.3. The van der Waals surface area contributed by atoms with Crippen molar-refractivity contribution in [1.29, 1.82) is 0 Å². The molecule has 2 saturated heterocycles. The summed E-state index contributed by atoms with van der Waals surface area (Å²) in [5.74, 6) is 1.26. The van der Waals surface area contributed by atoms with Gasteiger partial charge in [-0.25, -0.2) is 14.6 Å². The molecule has 0 bridgehead atoms. The second-order valence-corrected chi connectivity index (χ2v) is 8.83. The predicted octanol–water partition coefficient (Wildman–Crippen LogP) is 1.14. The summed E-state index contributed by atoms with van der Waals surface area (Å²) in [5.41, 5.74) is 6.91. The minimum absolute atomic E-state index is 0.0808. The number of benzene rings is 1. The number of likely N-dealkylation sites (tertiary alicyclic amines) is 1. The normalized spacial score (nSPS) is 21.8. The summed E-state index contributed by atoms with van der Waals surface area (Å²) in [5, 5.41) is 13.1. The maximum atomic E-state index is 12.8. The number of methoxy groups -OCH3 is 1. The number of aliphatic hydroxyl groups is 1. The summed E-state index contributed by atoms with van der Waals surface area (Å²) in [6, 6.07) is 3.62. The molecule has 3 aliphatic rings. The number of carbonyl (C=O) groups is 2. The first kappa shape index (κ1) is 23.1. The van der Waals surface area contributed by atoms with Crippen molar-refractivity contribution in [3.8, 4) is 5.75 Å². The molecule has 0 saturated carbocycles.